The number of rotatable bonds is 8. The molecule has 27 heavy (non-hydrogen) atoms. The standard InChI is InChI=1S/C20H28N2O5/c1-3-14-9-11-20(12-10-14,19(25)26)22-17(23)13-21-18(24)15-7-5-6-8-16(15)27-4-2/h5-8,14H,3-4,9-13H2,1-2H3,(H,21,24)(H,22,23)(H,25,26). The van der Waals surface area contributed by atoms with E-state index in [2.05, 4.69) is 17.6 Å². The predicted octanol–water partition coefficient (Wildman–Crippen LogP) is 2.35. The molecule has 7 nitrogen and oxygen atoms in total. The van der Waals surface area contributed by atoms with Crippen LogP contribution < -0.4 is 15.4 Å². The van der Waals surface area contributed by atoms with E-state index in [1.54, 1.807) is 24.3 Å². The third-order valence-corrected chi connectivity index (χ3v) is 5.17. The van der Waals surface area contributed by atoms with Gasteiger partial charge in [-0.2, -0.15) is 0 Å². The van der Waals surface area contributed by atoms with Crippen LogP contribution in [0.2, 0.25) is 0 Å². The Bertz CT molecular complexity index is 681. The molecule has 1 aliphatic carbocycles. The molecule has 148 valence electrons. The van der Waals surface area contributed by atoms with Gasteiger partial charge in [0.25, 0.3) is 5.91 Å². The Morgan fingerprint density at radius 2 is 1.85 bits per heavy atom. The number of aliphatic carboxylic acids is 1. The summed E-state index contributed by atoms with van der Waals surface area (Å²) < 4.78 is 5.42. The molecule has 1 saturated carbocycles. The summed E-state index contributed by atoms with van der Waals surface area (Å²) in [5.41, 5.74) is -0.903. The average Bonchev–Trinajstić information content (AvgIpc) is 2.67. The molecule has 0 radical (unpaired) electrons. The van der Waals surface area contributed by atoms with Crippen LogP contribution in [0, 0.1) is 5.92 Å². The lowest BCUT2D eigenvalue weighted by molar-refractivity contribution is -0.149. The van der Waals surface area contributed by atoms with Crippen molar-refractivity contribution < 1.29 is 24.2 Å². The van der Waals surface area contributed by atoms with Gasteiger partial charge < -0.3 is 20.5 Å². The highest BCUT2D eigenvalue weighted by Crippen LogP contribution is 2.34. The Labute approximate surface area is 159 Å². The zero-order valence-corrected chi connectivity index (χ0v) is 15.9. The molecule has 3 N–H and O–H groups in total. The first-order valence-corrected chi connectivity index (χ1v) is 9.46. The molecule has 1 aliphatic rings. The molecule has 0 atom stereocenters. The largest absolute Gasteiger partial charge is 0.493 e. The zero-order valence-electron chi connectivity index (χ0n) is 15.9. The number of carboxylic acid groups (broad SMARTS) is 1. The topological polar surface area (TPSA) is 105 Å². The summed E-state index contributed by atoms with van der Waals surface area (Å²) in [5.74, 6) is -1.01. The van der Waals surface area contributed by atoms with Crippen LogP contribution in [0.5, 0.6) is 5.75 Å². The molecular formula is C20H28N2O5. The fourth-order valence-electron chi connectivity index (χ4n) is 3.47. The van der Waals surface area contributed by atoms with E-state index in [4.69, 9.17) is 4.74 Å². The molecule has 0 aromatic heterocycles. The van der Waals surface area contributed by atoms with Gasteiger partial charge in [-0.05, 0) is 50.7 Å². The molecule has 0 saturated heterocycles. The molecule has 2 amide bonds. The number of carboxylic acids is 1. The summed E-state index contributed by atoms with van der Waals surface area (Å²) in [7, 11) is 0. The molecular weight excluding hydrogens is 348 g/mol. The van der Waals surface area contributed by atoms with Crippen LogP contribution in [0.25, 0.3) is 0 Å². The zero-order chi connectivity index (χ0) is 19.9. The minimum absolute atomic E-state index is 0.286. The van der Waals surface area contributed by atoms with Gasteiger partial charge in [0.05, 0.1) is 18.7 Å². The van der Waals surface area contributed by atoms with Crippen molar-refractivity contribution in [1.29, 1.82) is 0 Å². The molecule has 7 heteroatoms. The molecule has 0 unspecified atom stereocenters. The lowest BCUT2D eigenvalue weighted by atomic mass is 9.75. The van der Waals surface area contributed by atoms with Gasteiger partial charge in [-0.3, -0.25) is 9.59 Å². The van der Waals surface area contributed by atoms with Crippen molar-refractivity contribution in [1.82, 2.24) is 10.6 Å². The summed E-state index contributed by atoms with van der Waals surface area (Å²) in [6.45, 7) is 4.05. The number of para-hydroxylation sites is 1. The fraction of sp³-hybridized carbons (Fsp3) is 0.550. The molecule has 2 rings (SSSR count). The second kappa shape index (κ2) is 9.39. The molecule has 0 aliphatic heterocycles. The number of hydrogen-bond donors (Lipinski definition) is 3. The van der Waals surface area contributed by atoms with E-state index in [0.717, 1.165) is 19.3 Å². The van der Waals surface area contributed by atoms with Gasteiger partial charge >= 0.3 is 5.97 Å². The summed E-state index contributed by atoms with van der Waals surface area (Å²) in [4.78, 5) is 36.4. The molecule has 0 heterocycles. The van der Waals surface area contributed by atoms with E-state index < -0.39 is 23.3 Å². The molecule has 0 bridgehead atoms. The second-order valence-corrected chi connectivity index (χ2v) is 6.90. The van der Waals surface area contributed by atoms with Gasteiger partial charge in [-0.25, -0.2) is 4.79 Å². The van der Waals surface area contributed by atoms with Crippen molar-refractivity contribution in [2.75, 3.05) is 13.2 Å². The van der Waals surface area contributed by atoms with Gasteiger partial charge in [-0.15, -0.1) is 0 Å². The van der Waals surface area contributed by atoms with Crippen LogP contribution in [0.4, 0.5) is 0 Å². The minimum Gasteiger partial charge on any atom is -0.493 e. The SMILES string of the molecule is CCOc1ccccc1C(=O)NCC(=O)NC1(C(=O)O)CCC(CC)CC1. The van der Waals surface area contributed by atoms with Crippen molar-refractivity contribution in [3.05, 3.63) is 29.8 Å². The van der Waals surface area contributed by atoms with Gasteiger partial charge in [0.2, 0.25) is 5.91 Å². The highest BCUT2D eigenvalue weighted by atomic mass is 16.5. The van der Waals surface area contributed by atoms with E-state index in [9.17, 15) is 19.5 Å². The number of ether oxygens (including phenoxy) is 1. The minimum atomic E-state index is -1.24. The Hall–Kier alpha value is -2.57. The maximum atomic E-state index is 12.3. The molecule has 1 fully saturated rings. The number of hydrogen-bond acceptors (Lipinski definition) is 4. The Kier molecular flexibility index (Phi) is 7.21. The Balaban J connectivity index is 1.95. The van der Waals surface area contributed by atoms with Crippen molar-refractivity contribution >= 4 is 17.8 Å². The van der Waals surface area contributed by atoms with Gasteiger partial charge in [0, 0.05) is 0 Å². The first-order chi connectivity index (χ1) is 12.9. The summed E-state index contributed by atoms with van der Waals surface area (Å²) in [6.07, 6.45) is 3.38. The van der Waals surface area contributed by atoms with Gasteiger partial charge in [0.15, 0.2) is 0 Å². The highest BCUT2D eigenvalue weighted by molar-refractivity contribution is 5.99. The van der Waals surface area contributed by atoms with Crippen LogP contribution in [-0.2, 0) is 9.59 Å². The second-order valence-electron chi connectivity index (χ2n) is 6.90. The van der Waals surface area contributed by atoms with E-state index >= 15 is 0 Å². The van der Waals surface area contributed by atoms with E-state index in [-0.39, 0.29) is 6.54 Å². The first-order valence-electron chi connectivity index (χ1n) is 9.46. The predicted molar refractivity (Wildman–Crippen MR) is 101 cm³/mol. The monoisotopic (exact) mass is 376 g/mol. The molecule has 0 spiro atoms. The van der Waals surface area contributed by atoms with Crippen LogP contribution >= 0.6 is 0 Å². The summed E-state index contributed by atoms with van der Waals surface area (Å²) in [6, 6.07) is 6.77. The Morgan fingerprint density at radius 3 is 2.44 bits per heavy atom. The first kappa shape index (κ1) is 20.7. The van der Waals surface area contributed by atoms with E-state index in [1.807, 2.05) is 6.92 Å². The van der Waals surface area contributed by atoms with Crippen LogP contribution in [-0.4, -0.2) is 41.6 Å². The van der Waals surface area contributed by atoms with Gasteiger partial charge in [-0.1, -0.05) is 25.5 Å². The maximum absolute atomic E-state index is 12.3. The number of carbonyl (C=O) groups excluding carboxylic acids is 2. The molecule has 1 aromatic carbocycles. The van der Waals surface area contributed by atoms with E-state index in [0.29, 0.717) is 36.7 Å². The maximum Gasteiger partial charge on any atom is 0.329 e. The fourth-order valence-corrected chi connectivity index (χ4v) is 3.47. The smallest absolute Gasteiger partial charge is 0.329 e. The van der Waals surface area contributed by atoms with Crippen molar-refractivity contribution in [2.45, 2.75) is 51.5 Å². The van der Waals surface area contributed by atoms with Crippen LogP contribution in [0.15, 0.2) is 24.3 Å². The highest BCUT2D eigenvalue weighted by Gasteiger charge is 2.42. The van der Waals surface area contributed by atoms with E-state index in [1.165, 1.54) is 0 Å². The lowest BCUT2D eigenvalue weighted by Crippen LogP contribution is -2.58. The van der Waals surface area contributed by atoms with Crippen LogP contribution in [0.1, 0.15) is 56.3 Å². The quantitative estimate of drug-likeness (QED) is 0.646. The van der Waals surface area contributed by atoms with Gasteiger partial charge in [0.1, 0.15) is 11.3 Å². The van der Waals surface area contributed by atoms with Crippen molar-refractivity contribution in [2.24, 2.45) is 5.92 Å². The number of nitrogens with one attached hydrogen (secondary N) is 2. The normalized spacial score (nSPS) is 21.9. The van der Waals surface area contributed by atoms with Crippen molar-refractivity contribution in [3.8, 4) is 5.75 Å². The third-order valence-electron chi connectivity index (χ3n) is 5.17. The number of amides is 2. The summed E-state index contributed by atoms with van der Waals surface area (Å²) >= 11 is 0. The van der Waals surface area contributed by atoms with Crippen molar-refractivity contribution in [3.63, 3.8) is 0 Å². The van der Waals surface area contributed by atoms with Crippen LogP contribution in [0.3, 0.4) is 0 Å². The lowest BCUT2D eigenvalue weighted by Gasteiger charge is -2.37. The third kappa shape index (κ3) is 5.21. The number of carbonyl (C=O) groups is 3. The Morgan fingerprint density at radius 1 is 1.19 bits per heavy atom. The molecule has 1 aromatic rings. The average molecular weight is 376 g/mol. The number of benzene rings is 1. The summed E-state index contributed by atoms with van der Waals surface area (Å²) in [5, 5.41) is 14.8.